The quantitative estimate of drug-likeness (QED) is 0.717. The zero-order valence-corrected chi connectivity index (χ0v) is 14.1. The molecule has 6 heteroatoms. The van der Waals surface area contributed by atoms with Gasteiger partial charge in [0.1, 0.15) is 5.75 Å². The molecule has 0 saturated carbocycles. The first-order valence-corrected chi connectivity index (χ1v) is 7.98. The lowest BCUT2D eigenvalue weighted by Gasteiger charge is -2.13. The van der Waals surface area contributed by atoms with Crippen LogP contribution in [0.1, 0.15) is 12.0 Å². The Kier molecular flexibility index (Phi) is 6.98. The second-order valence-electron chi connectivity index (χ2n) is 5.48. The first-order chi connectivity index (χ1) is 12.1. The fraction of sp³-hybridized carbons (Fsp3) is 0.263. The molecule has 132 valence electrons. The van der Waals surface area contributed by atoms with Crippen molar-refractivity contribution in [2.24, 2.45) is 5.73 Å². The van der Waals surface area contributed by atoms with Crippen LogP contribution in [0.5, 0.6) is 5.75 Å². The first-order valence-electron chi connectivity index (χ1n) is 7.98. The van der Waals surface area contributed by atoms with Gasteiger partial charge in [-0.2, -0.15) is 0 Å². The maximum absolute atomic E-state index is 12.2. The van der Waals surface area contributed by atoms with Gasteiger partial charge in [0.25, 0.3) is 0 Å². The minimum Gasteiger partial charge on any atom is -0.493 e. The molecular formula is C19H22N2O4. The molecule has 0 saturated heterocycles. The van der Waals surface area contributed by atoms with Gasteiger partial charge in [-0.3, -0.25) is 9.59 Å². The number of esters is 1. The van der Waals surface area contributed by atoms with E-state index in [-0.39, 0.29) is 24.9 Å². The molecule has 0 heterocycles. The van der Waals surface area contributed by atoms with E-state index in [1.54, 1.807) is 24.3 Å². The van der Waals surface area contributed by atoms with Crippen LogP contribution in [0.15, 0.2) is 54.6 Å². The van der Waals surface area contributed by atoms with E-state index < -0.39 is 6.04 Å². The van der Waals surface area contributed by atoms with E-state index in [1.165, 1.54) is 7.11 Å². The molecule has 0 aliphatic heterocycles. The fourth-order valence-corrected chi connectivity index (χ4v) is 2.18. The fourth-order valence-electron chi connectivity index (χ4n) is 2.18. The van der Waals surface area contributed by atoms with Crippen LogP contribution < -0.4 is 15.8 Å². The number of nitrogens with one attached hydrogen (secondary N) is 1. The van der Waals surface area contributed by atoms with Crippen LogP contribution in [0.2, 0.25) is 0 Å². The third-order valence-electron chi connectivity index (χ3n) is 3.56. The number of hydrogen-bond donors (Lipinski definition) is 2. The summed E-state index contributed by atoms with van der Waals surface area (Å²) in [5.74, 6) is 0.0370. The summed E-state index contributed by atoms with van der Waals surface area (Å²) in [6.07, 6.45) is 0.657. The summed E-state index contributed by atoms with van der Waals surface area (Å²) in [6.45, 7) is 0.236. The van der Waals surface area contributed by atoms with Crippen LogP contribution in [0.3, 0.4) is 0 Å². The van der Waals surface area contributed by atoms with E-state index in [0.29, 0.717) is 17.9 Å². The second-order valence-corrected chi connectivity index (χ2v) is 5.48. The van der Waals surface area contributed by atoms with Crippen LogP contribution in [-0.4, -0.2) is 31.6 Å². The van der Waals surface area contributed by atoms with Gasteiger partial charge < -0.3 is 20.5 Å². The van der Waals surface area contributed by atoms with E-state index in [2.05, 4.69) is 10.1 Å². The van der Waals surface area contributed by atoms with Crippen molar-refractivity contribution in [1.82, 2.24) is 0 Å². The molecule has 0 spiro atoms. The summed E-state index contributed by atoms with van der Waals surface area (Å²) in [5, 5.41) is 2.78. The Morgan fingerprint density at radius 2 is 1.76 bits per heavy atom. The molecule has 2 aromatic rings. The highest BCUT2D eigenvalue weighted by Crippen LogP contribution is 2.16. The molecule has 6 nitrogen and oxygen atoms in total. The number of hydrogen-bond acceptors (Lipinski definition) is 5. The largest absolute Gasteiger partial charge is 0.493 e. The van der Waals surface area contributed by atoms with Gasteiger partial charge in [-0.25, -0.2) is 0 Å². The van der Waals surface area contributed by atoms with Gasteiger partial charge in [0.05, 0.1) is 26.2 Å². The number of methoxy groups -OCH3 is 1. The molecule has 0 fully saturated rings. The van der Waals surface area contributed by atoms with Crippen LogP contribution in [0.25, 0.3) is 0 Å². The van der Waals surface area contributed by atoms with Crippen molar-refractivity contribution in [3.63, 3.8) is 0 Å². The van der Waals surface area contributed by atoms with Crippen molar-refractivity contribution in [2.45, 2.75) is 18.9 Å². The summed E-state index contributed by atoms with van der Waals surface area (Å²) in [6, 6.07) is 15.9. The zero-order valence-electron chi connectivity index (χ0n) is 14.1. The van der Waals surface area contributed by atoms with Crippen molar-refractivity contribution < 1.29 is 19.1 Å². The van der Waals surface area contributed by atoms with Crippen LogP contribution in [0, 0.1) is 0 Å². The van der Waals surface area contributed by atoms with Gasteiger partial charge in [-0.1, -0.05) is 30.3 Å². The summed E-state index contributed by atoms with van der Waals surface area (Å²) < 4.78 is 9.96. The SMILES string of the molecule is COC(=O)CCOc1ccc(NC(=O)[C@@H](N)Cc2ccccc2)cc1. The number of anilines is 1. The molecule has 0 aliphatic rings. The van der Waals surface area contributed by atoms with Gasteiger partial charge in [0, 0.05) is 5.69 Å². The standard InChI is InChI=1S/C19H22N2O4/c1-24-18(22)11-12-25-16-9-7-15(8-10-16)21-19(23)17(20)13-14-5-3-2-4-6-14/h2-10,17H,11-13,20H2,1H3,(H,21,23)/t17-/m0/s1. The van der Waals surface area contributed by atoms with Crippen molar-refractivity contribution in [2.75, 3.05) is 19.0 Å². The lowest BCUT2D eigenvalue weighted by Crippen LogP contribution is -2.37. The van der Waals surface area contributed by atoms with Gasteiger partial charge in [0.2, 0.25) is 5.91 Å². The normalized spacial score (nSPS) is 11.4. The number of carbonyl (C=O) groups is 2. The monoisotopic (exact) mass is 342 g/mol. The van der Waals surface area contributed by atoms with Crippen molar-refractivity contribution in [1.29, 1.82) is 0 Å². The van der Waals surface area contributed by atoms with Gasteiger partial charge >= 0.3 is 5.97 Å². The Hall–Kier alpha value is -2.86. The van der Waals surface area contributed by atoms with E-state index in [0.717, 1.165) is 5.56 Å². The lowest BCUT2D eigenvalue weighted by atomic mass is 10.1. The molecule has 2 aromatic carbocycles. The Bertz CT molecular complexity index is 686. The van der Waals surface area contributed by atoms with E-state index in [4.69, 9.17) is 10.5 Å². The van der Waals surface area contributed by atoms with Crippen molar-refractivity contribution >= 4 is 17.6 Å². The number of carbonyl (C=O) groups excluding carboxylic acids is 2. The molecule has 25 heavy (non-hydrogen) atoms. The highest BCUT2D eigenvalue weighted by Gasteiger charge is 2.14. The number of ether oxygens (including phenoxy) is 2. The third kappa shape index (κ3) is 6.27. The average Bonchev–Trinajstić information content (AvgIpc) is 2.63. The molecule has 2 rings (SSSR count). The maximum Gasteiger partial charge on any atom is 0.308 e. The molecule has 1 atom stereocenters. The van der Waals surface area contributed by atoms with Crippen molar-refractivity contribution in [3.8, 4) is 5.75 Å². The van der Waals surface area contributed by atoms with Gasteiger partial charge in [-0.05, 0) is 36.2 Å². The lowest BCUT2D eigenvalue weighted by molar-refractivity contribution is -0.141. The van der Waals surface area contributed by atoms with Gasteiger partial charge in [0.15, 0.2) is 0 Å². The second kappa shape index (κ2) is 9.44. The number of amides is 1. The van der Waals surface area contributed by atoms with E-state index >= 15 is 0 Å². The predicted molar refractivity (Wildman–Crippen MR) is 95.3 cm³/mol. The van der Waals surface area contributed by atoms with Crippen LogP contribution in [0.4, 0.5) is 5.69 Å². The molecule has 0 aliphatic carbocycles. The Morgan fingerprint density at radius 1 is 1.08 bits per heavy atom. The highest BCUT2D eigenvalue weighted by atomic mass is 16.5. The van der Waals surface area contributed by atoms with Crippen molar-refractivity contribution in [3.05, 3.63) is 60.2 Å². The number of rotatable bonds is 8. The highest BCUT2D eigenvalue weighted by molar-refractivity contribution is 5.94. The molecule has 0 bridgehead atoms. The Labute approximate surface area is 146 Å². The number of benzene rings is 2. The first kappa shape index (κ1) is 18.5. The summed E-state index contributed by atoms with van der Waals surface area (Å²) in [5.41, 5.74) is 7.60. The topological polar surface area (TPSA) is 90.6 Å². The smallest absolute Gasteiger partial charge is 0.308 e. The van der Waals surface area contributed by atoms with E-state index in [9.17, 15) is 9.59 Å². The molecule has 0 unspecified atom stereocenters. The minimum atomic E-state index is -0.626. The molecule has 0 radical (unpaired) electrons. The average molecular weight is 342 g/mol. The van der Waals surface area contributed by atoms with Crippen LogP contribution >= 0.6 is 0 Å². The van der Waals surface area contributed by atoms with E-state index in [1.807, 2.05) is 30.3 Å². The third-order valence-corrected chi connectivity index (χ3v) is 3.56. The molecule has 3 N–H and O–H groups in total. The molecule has 1 amide bonds. The molecule has 0 aromatic heterocycles. The maximum atomic E-state index is 12.2. The molecular weight excluding hydrogens is 320 g/mol. The van der Waals surface area contributed by atoms with Crippen LogP contribution in [-0.2, 0) is 20.7 Å². The summed E-state index contributed by atoms with van der Waals surface area (Å²) >= 11 is 0. The van der Waals surface area contributed by atoms with Gasteiger partial charge in [-0.15, -0.1) is 0 Å². The Morgan fingerprint density at radius 3 is 2.40 bits per heavy atom. The zero-order chi connectivity index (χ0) is 18.1. The summed E-state index contributed by atoms with van der Waals surface area (Å²) in [7, 11) is 1.34. The number of nitrogens with two attached hydrogens (primary N) is 1. The Balaban J connectivity index is 1.81. The summed E-state index contributed by atoms with van der Waals surface area (Å²) in [4.78, 5) is 23.2. The predicted octanol–water partition coefficient (Wildman–Crippen LogP) is 2.14. The minimum absolute atomic E-state index is 0.184.